The summed E-state index contributed by atoms with van der Waals surface area (Å²) < 4.78 is 31.2. The van der Waals surface area contributed by atoms with E-state index in [0.717, 1.165) is 5.56 Å². The van der Waals surface area contributed by atoms with Crippen molar-refractivity contribution in [1.29, 1.82) is 0 Å². The lowest BCUT2D eigenvalue weighted by atomic mass is 9.74. The van der Waals surface area contributed by atoms with Crippen molar-refractivity contribution >= 4 is 17.8 Å². The van der Waals surface area contributed by atoms with Crippen LogP contribution in [0.5, 0.6) is 0 Å². The molecule has 280 valence electrons. The Labute approximate surface area is 297 Å². The molecule has 0 aromatic carbocycles. The van der Waals surface area contributed by atoms with E-state index < -0.39 is 71.7 Å². The second-order valence-electron chi connectivity index (χ2n) is 15.0. The van der Waals surface area contributed by atoms with Crippen molar-refractivity contribution in [2.75, 3.05) is 21.2 Å². The maximum atomic E-state index is 14.5. The second kappa shape index (κ2) is 16.2. The summed E-state index contributed by atoms with van der Waals surface area (Å²) in [5, 5.41) is 12.7. The van der Waals surface area contributed by atoms with Gasteiger partial charge in [-0.2, -0.15) is 0 Å². The number of amides is 1. The highest BCUT2D eigenvalue weighted by molar-refractivity contribution is 5.88. The van der Waals surface area contributed by atoms with E-state index in [9.17, 15) is 19.5 Å². The number of ether oxygens (including phenoxy) is 5. The number of esters is 1. The Balaban J connectivity index is 1.76. The Bertz CT molecular complexity index is 1380. The number of hydrogen-bond acceptors (Lipinski definition) is 12. The van der Waals surface area contributed by atoms with Crippen LogP contribution >= 0.6 is 0 Å². The Morgan fingerprint density at radius 2 is 1.78 bits per heavy atom. The number of aromatic nitrogens is 1. The zero-order chi connectivity index (χ0) is 37.1. The molecule has 50 heavy (non-hydrogen) atoms. The van der Waals surface area contributed by atoms with Gasteiger partial charge in [0.2, 0.25) is 0 Å². The number of cyclic esters (lactones) is 1. The van der Waals surface area contributed by atoms with Crippen LogP contribution in [-0.2, 0) is 39.8 Å². The van der Waals surface area contributed by atoms with Crippen molar-refractivity contribution < 1.29 is 43.2 Å². The number of nitrogens with zero attached hydrogens (tertiary/aromatic N) is 3. The lowest BCUT2D eigenvalue weighted by molar-refractivity contribution is -0.294. The number of rotatable bonds is 8. The van der Waals surface area contributed by atoms with Gasteiger partial charge in [-0.3, -0.25) is 9.78 Å². The van der Waals surface area contributed by atoms with E-state index in [1.54, 1.807) is 46.4 Å². The summed E-state index contributed by atoms with van der Waals surface area (Å²) in [6.45, 7) is 14.9. The number of aliphatic hydroxyl groups is 1. The van der Waals surface area contributed by atoms with E-state index >= 15 is 0 Å². The summed E-state index contributed by atoms with van der Waals surface area (Å²) in [6, 6.07) is 2.62. The van der Waals surface area contributed by atoms with E-state index in [4.69, 9.17) is 23.7 Å². The van der Waals surface area contributed by atoms with Crippen LogP contribution in [-0.4, -0.2) is 113 Å². The van der Waals surface area contributed by atoms with Gasteiger partial charge in [-0.15, -0.1) is 0 Å². The number of Topliss-reactive ketones (excluding diaryl/α,β-unsaturated/α-hetero) is 1. The molecule has 12 atom stereocenters. The highest BCUT2D eigenvalue weighted by Gasteiger charge is 2.60. The van der Waals surface area contributed by atoms with Gasteiger partial charge in [-0.25, -0.2) is 20.0 Å². The fraction of sp³-hybridized carbons (Fsp3) is 0.730. The van der Waals surface area contributed by atoms with Crippen molar-refractivity contribution in [1.82, 2.24) is 20.3 Å². The molecule has 3 aliphatic heterocycles. The molecule has 13 heteroatoms. The Morgan fingerprint density at radius 1 is 1.12 bits per heavy atom. The summed E-state index contributed by atoms with van der Waals surface area (Å²) in [6.07, 6.45) is 1.90. The molecule has 2 fully saturated rings. The number of hydrogen-bond donors (Lipinski definition) is 2. The number of aliphatic hydroxyl groups excluding tert-OH is 1. The number of fused-ring (bicyclic) bond motifs is 1. The molecule has 0 unspecified atom stereocenters. The first-order chi connectivity index (χ1) is 23.5. The monoisotopic (exact) mass is 702 g/mol. The van der Waals surface area contributed by atoms with Gasteiger partial charge in [0, 0.05) is 55.4 Å². The van der Waals surface area contributed by atoms with E-state index in [-0.39, 0.29) is 30.9 Å². The minimum absolute atomic E-state index is 0.120. The van der Waals surface area contributed by atoms with Gasteiger partial charge in [0.25, 0.3) is 0 Å². The molecule has 3 aliphatic rings. The largest absolute Gasteiger partial charge is 0.455 e. The molecule has 4 rings (SSSR count). The first kappa shape index (κ1) is 39.8. The fourth-order valence-corrected chi connectivity index (χ4v) is 8.11. The average Bonchev–Trinajstić information content (AvgIpc) is 3.34. The van der Waals surface area contributed by atoms with E-state index in [1.807, 2.05) is 65.7 Å². The van der Waals surface area contributed by atoms with Gasteiger partial charge in [0.15, 0.2) is 11.9 Å². The van der Waals surface area contributed by atoms with Gasteiger partial charge in [-0.1, -0.05) is 33.8 Å². The number of likely N-dealkylation sites (N-methyl/N-ethyl adjacent to an activating group) is 1. The molecule has 1 amide bonds. The molecule has 0 spiro atoms. The SMILES string of the molecule is CC[C@H]1OC(=O)/C(C)=C/[C@H](C)[C@@H](O[C@@H]2O[C@H](C)C[C@H](N(C)C)[C@H]2O)[C@](C)(OC)C[C@@H](C)C(=O)[C@H](C)[C@H]2N(NCc3ccncc3)C(=O)O[C@]12C. The van der Waals surface area contributed by atoms with Crippen LogP contribution in [0.2, 0.25) is 0 Å². The molecule has 2 N–H and O–H groups in total. The number of pyridine rings is 1. The predicted octanol–water partition coefficient (Wildman–Crippen LogP) is 4.03. The van der Waals surface area contributed by atoms with Crippen molar-refractivity contribution in [3.05, 3.63) is 41.7 Å². The molecule has 4 heterocycles. The zero-order valence-electron chi connectivity index (χ0n) is 31.5. The maximum Gasteiger partial charge on any atom is 0.425 e. The van der Waals surface area contributed by atoms with Gasteiger partial charge >= 0.3 is 12.1 Å². The summed E-state index contributed by atoms with van der Waals surface area (Å²) >= 11 is 0. The molecular weight excluding hydrogens is 644 g/mol. The summed E-state index contributed by atoms with van der Waals surface area (Å²) in [4.78, 5) is 47.9. The molecule has 2 saturated heterocycles. The Kier molecular flexibility index (Phi) is 12.9. The lowest BCUT2D eigenvalue weighted by Crippen LogP contribution is -2.60. The molecule has 1 aromatic heterocycles. The molecule has 1 aromatic rings. The molecule has 0 aliphatic carbocycles. The quantitative estimate of drug-likeness (QED) is 0.377. The van der Waals surface area contributed by atoms with Crippen LogP contribution in [0.4, 0.5) is 4.79 Å². The molecular formula is C37H58N4O9. The number of hydrazine groups is 1. The maximum absolute atomic E-state index is 14.5. The van der Waals surface area contributed by atoms with E-state index in [0.29, 0.717) is 18.4 Å². The van der Waals surface area contributed by atoms with Gasteiger partial charge in [-0.05, 0) is 78.7 Å². The third-order valence-corrected chi connectivity index (χ3v) is 10.9. The van der Waals surface area contributed by atoms with Gasteiger partial charge < -0.3 is 33.7 Å². The standard InChI is InChI=1S/C37H58N4O9/c1-12-28-37(8)31(41(35(45)50-37)39-20-26-13-15-38-16-14-26)25(6)29(42)23(4)19-36(7,46-11)32(21(2)17-22(3)33(44)48-28)49-34-30(43)27(40(9)10)18-24(5)47-34/h13-17,21,23-25,27-28,30-32,34,39,43H,12,18-20H2,1-11H3/b22-17+/t21-,23+,24+,25-,27-,28+,30+,31+,32+,34-,36+,37+/m0/s1. The summed E-state index contributed by atoms with van der Waals surface area (Å²) in [5.41, 5.74) is 1.96. The van der Waals surface area contributed by atoms with Crippen molar-refractivity contribution in [2.24, 2.45) is 17.8 Å². The summed E-state index contributed by atoms with van der Waals surface area (Å²) in [5.74, 6) is -2.45. The minimum atomic E-state index is -1.36. The first-order valence-corrected chi connectivity index (χ1v) is 17.8. The number of carbonyl (C=O) groups excluding carboxylic acids is 3. The van der Waals surface area contributed by atoms with Crippen molar-refractivity contribution in [3.63, 3.8) is 0 Å². The minimum Gasteiger partial charge on any atom is -0.455 e. The highest BCUT2D eigenvalue weighted by Crippen LogP contribution is 2.42. The van der Waals surface area contributed by atoms with Gasteiger partial charge in [0.1, 0.15) is 24.0 Å². The average molecular weight is 703 g/mol. The van der Waals surface area contributed by atoms with Crippen LogP contribution in [0, 0.1) is 17.8 Å². The normalized spacial score (nSPS) is 40.1. The van der Waals surface area contributed by atoms with Crippen molar-refractivity contribution in [2.45, 2.75) is 135 Å². The van der Waals surface area contributed by atoms with Crippen LogP contribution < -0.4 is 5.43 Å². The molecule has 0 radical (unpaired) electrons. The fourth-order valence-electron chi connectivity index (χ4n) is 8.11. The third-order valence-electron chi connectivity index (χ3n) is 10.9. The number of nitrogens with one attached hydrogen (secondary N) is 1. The van der Waals surface area contributed by atoms with Crippen LogP contribution in [0.25, 0.3) is 0 Å². The number of methoxy groups -OCH3 is 1. The first-order valence-electron chi connectivity index (χ1n) is 17.8. The van der Waals surface area contributed by atoms with Crippen LogP contribution in [0.15, 0.2) is 36.2 Å². The molecule has 0 saturated carbocycles. The second-order valence-corrected chi connectivity index (χ2v) is 15.0. The van der Waals surface area contributed by atoms with Crippen LogP contribution in [0.3, 0.4) is 0 Å². The third kappa shape index (κ3) is 8.24. The van der Waals surface area contributed by atoms with E-state index in [2.05, 4.69) is 10.4 Å². The molecule has 13 nitrogen and oxygen atoms in total. The Hall–Kier alpha value is -2.94. The van der Waals surface area contributed by atoms with Crippen LogP contribution in [0.1, 0.15) is 80.2 Å². The predicted molar refractivity (Wildman–Crippen MR) is 185 cm³/mol. The Morgan fingerprint density at radius 3 is 2.38 bits per heavy atom. The topological polar surface area (TPSA) is 149 Å². The lowest BCUT2D eigenvalue weighted by Gasteiger charge is -2.46. The van der Waals surface area contributed by atoms with Gasteiger partial charge in [0.05, 0.1) is 17.8 Å². The molecule has 0 bridgehead atoms. The van der Waals surface area contributed by atoms with Crippen molar-refractivity contribution in [3.8, 4) is 0 Å². The smallest absolute Gasteiger partial charge is 0.425 e. The number of carbonyl (C=O) groups is 3. The highest BCUT2D eigenvalue weighted by atomic mass is 16.7. The number of ketones is 1. The van der Waals surface area contributed by atoms with E-state index in [1.165, 1.54) is 5.01 Å². The zero-order valence-corrected chi connectivity index (χ0v) is 31.5. The summed E-state index contributed by atoms with van der Waals surface area (Å²) in [7, 11) is 5.38.